The number of benzene rings is 2. The van der Waals surface area contributed by atoms with Crippen LogP contribution in [0.1, 0.15) is 22.3 Å². The van der Waals surface area contributed by atoms with E-state index in [1.807, 2.05) is 6.07 Å². The summed E-state index contributed by atoms with van der Waals surface area (Å²) in [5, 5.41) is 0.856. The van der Waals surface area contributed by atoms with Crippen LogP contribution in [0.2, 0.25) is 5.02 Å². The van der Waals surface area contributed by atoms with Crippen LogP contribution < -0.4 is 0 Å². The van der Waals surface area contributed by atoms with Crippen LogP contribution in [0.25, 0.3) is 0 Å². The van der Waals surface area contributed by atoms with Gasteiger partial charge < -0.3 is 0 Å². The van der Waals surface area contributed by atoms with Gasteiger partial charge in [-0.1, -0.05) is 47.0 Å². The Labute approximate surface area is 118 Å². The minimum atomic E-state index is 0.856. The van der Waals surface area contributed by atoms with E-state index in [4.69, 9.17) is 11.6 Å². The van der Waals surface area contributed by atoms with Gasteiger partial charge in [0.15, 0.2) is 0 Å². The molecule has 0 amide bonds. The second-order valence-corrected chi connectivity index (χ2v) is 5.84. The molecule has 0 bridgehead atoms. The SMILES string of the molecule is CSc1ccc(C)cc1Cc1cc(C)ccc1Cl. The predicted octanol–water partition coefficient (Wildman–Crippen LogP) is 5.27. The Hall–Kier alpha value is -0.920. The summed E-state index contributed by atoms with van der Waals surface area (Å²) in [6, 6.07) is 12.8. The van der Waals surface area contributed by atoms with Crippen molar-refractivity contribution in [1.82, 2.24) is 0 Å². The van der Waals surface area contributed by atoms with E-state index in [-0.39, 0.29) is 0 Å². The van der Waals surface area contributed by atoms with Crippen molar-refractivity contribution in [1.29, 1.82) is 0 Å². The highest BCUT2D eigenvalue weighted by Crippen LogP contribution is 2.27. The van der Waals surface area contributed by atoms with Crippen molar-refractivity contribution >= 4 is 23.4 Å². The highest BCUT2D eigenvalue weighted by Gasteiger charge is 2.06. The number of thioether (sulfide) groups is 1. The van der Waals surface area contributed by atoms with Crippen molar-refractivity contribution in [3.05, 3.63) is 63.7 Å². The standard InChI is InChI=1S/C16H17ClS/c1-11-4-6-15(17)13(8-11)10-14-9-12(2)5-7-16(14)18-3/h4-9H,10H2,1-3H3. The minimum absolute atomic E-state index is 0.856. The molecule has 0 heterocycles. The first-order chi connectivity index (χ1) is 8.60. The maximum absolute atomic E-state index is 6.27. The highest BCUT2D eigenvalue weighted by atomic mass is 35.5. The van der Waals surface area contributed by atoms with E-state index in [2.05, 4.69) is 50.4 Å². The molecule has 0 atom stereocenters. The first-order valence-corrected chi connectivity index (χ1v) is 7.59. The molecule has 2 aromatic carbocycles. The van der Waals surface area contributed by atoms with E-state index >= 15 is 0 Å². The Bertz CT molecular complexity index is 561. The first kappa shape index (κ1) is 13.5. The quantitative estimate of drug-likeness (QED) is 0.688. The third kappa shape index (κ3) is 3.09. The zero-order chi connectivity index (χ0) is 13.1. The number of hydrogen-bond donors (Lipinski definition) is 0. The van der Waals surface area contributed by atoms with Crippen LogP contribution in [-0.2, 0) is 6.42 Å². The number of hydrogen-bond acceptors (Lipinski definition) is 1. The summed E-state index contributed by atoms with van der Waals surface area (Å²) < 4.78 is 0. The molecule has 0 saturated carbocycles. The average molecular weight is 277 g/mol. The predicted molar refractivity (Wildman–Crippen MR) is 82.0 cm³/mol. The lowest BCUT2D eigenvalue weighted by molar-refractivity contribution is 1.11. The fourth-order valence-electron chi connectivity index (χ4n) is 2.09. The van der Waals surface area contributed by atoms with Gasteiger partial charge >= 0.3 is 0 Å². The van der Waals surface area contributed by atoms with E-state index in [1.54, 1.807) is 11.8 Å². The van der Waals surface area contributed by atoms with Crippen molar-refractivity contribution in [3.63, 3.8) is 0 Å². The summed E-state index contributed by atoms with van der Waals surface area (Å²) in [7, 11) is 0. The molecular weight excluding hydrogens is 260 g/mol. The van der Waals surface area contributed by atoms with Gasteiger partial charge in [0.25, 0.3) is 0 Å². The third-order valence-corrected chi connectivity index (χ3v) is 4.22. The smallest absolute Gasteiger partial charge is 0.0441 e. The van der Waals surface area contributed by atoms with Gasteiger partial charge in [-0.15, -0.1) is 11.8 Å². The number of halogens is 1. The summed E-state index contributed by atoms with van der Waals surface area (Å²) in [4.78, 5) is 1.33. The molecule has 0 aliphatic rings. The van der Waals surface area contributed by atoms with E-state index in [9.17, 15) is 0 Å². The lowest BCUT2D eigenvalue weighted by Gasteiger charge is -2.10. The van der Waals surface area contributed by atoms with E-state index < -0.39 is 0 Å². The van der Waals surface area contributed by atoms with Gasteiger partial charge in [0.05, 0.1) is 0 Å². The molecule has 2 heteroatoms. The number of aryl methyl sites for hydroxylation is 2. The summed E-state index contributed by atoms with van der Waals surface area (Å²) in [6.07, 6.45) is 3.02. The van der Waals surface area contributed by atoms with E-state index in [0.29, 0.717) is 0 Å². The molecule has 2 rings (SSSR count). The molecule has 0 spiro atoms. The molecule has 0 nitrogen and oxygen atoms in total. The van der Waals surface area contributed by atoms with Crippen LogP contribution in [0.3, 0.4) is 0 Å². The van der Waals surface area contributed by atoms with Crippen LogP contribution in [0.5, 0.6) is 0 Å². The molecule has 94 valence electrons. The maximum atomic E-state index is 6.27. The van der Waals surface area contributed by atoms with Crippen LogP contribution >= 0.6 is 23.4 Å². The van der Waals surface area contributed by atoms with Crippen LogP contribution in [0, 0.1) is 13.8 Å². The Balaban J connectivity index is 2.38. The Morgan fingerprint density at radius 2 is 1.56 bits per heavy atom. The van der Waals surface area contributed by atoms with Crippen molar-refractivity contribution in [2.75, 3.05) is 6.26 Å². The van der Waals surface area contributed by atoms with Gasteiger partial charge in [-0.25, -0.2) is 0 Å². The van der Waals surface area contributed by atoms with Crippen LogP contribution in [0.4, 0.5) is 0 Å². The topological polar surface area (TPSA) is 0 Å². The van der Waals surface area contributed by atoms with Crippen molar-refractivity contribution in [3.8, 4) is 0 Å². The normalized spacial score (nSPS) is 10.7. The fraction of sp³-hybridized carbons (Fsp3) is 0.250. The van der Waals surface area contributed by atoms with Gasteiger partial charge in [0.1, 0.15) is 0 Å². The van der Waals surface area contributed by atoms with Gasteiger partial charge in [-0.3, -0.25) is 0 Å². The second-order valence-electron chi connectivity index (χ2n) is 4.59. The number of rotatable bonds is 3. The van der Waals surface area contributed by atoms with Gasteiger partial charge in [-0.05, 0) is 43.4 Å². The first-order valence-electron chi connectivity index (χ1n) is 5.98. The largest absolute Gasteiger partial charge is 0.129 e. The van der Waals surface area contributed by atoms with E-state index in [1.165, 1.54) is 27.1 Å². The monoisotopic (exact) mass is 276 g/mol. The fourth-order valence-corrected chi connectivity index (χ4v) is 2.87. The zero-order valence-corrected chi connectivity index (χ0v) is 12.5. The molecule has 0 fully saturated rings. The molecule has 0 aliphatic carbocycles. The average Bonchev–Trinajstić information content (AvgIpc) is 2.34. The molecule has 0 N–H and O–H groups in total. The van der Waals surface area contributed by atoms with Gasteiger partial charge in [0.2, 0.25) is 0 Å². The molecule has 0 unspecified atom stereocenters. The highest BCUT2D eigenvalue weighted by molar-refractivity contribution is 7.98. The maximum Gasteiger partial charge on any atom is 0.0441 e. The van der Waals surface area contributed by atoms with Crippen molar-refractivity contribution in [2.24, 2.45) is 0 Å². The van der Waals surface area contributed by atoms with Gasteiger partial charge in [0, 0.05) is 16.3 Å². The summed E-state index contributed by atoms with van der Waals surface area (Å²) in [5.74, 6) is 0. The summed E-state index contributed by atoms with van der Waals surface area (Å²) in [5.41, 5.74) is 5.12. The Kier molecular flexibility index (Phi) is 4.36. The summed E-state index contributed by atoms with van der Waals surface area (Å²) in [6.45, 7) is 4.23. The molecule has 18 heavy (non-hydrogen) atoms. The van der Waals surface area contributed by atoms with Crippen molar-refractivity contribution < 1.29 is 0 Å². The van der Waals surface area contributed by atoms with Crippen molar-refractivity contribution in [2.45, 2.75) is 25.2 Å². The lowest BCUT2D eigenvalue weighted by Crippen LogP contribution is -1.94. The molecule has 0 saturated heterocycles. The molecule has 0 aliphatic heterocycles. The Morgan fingerprint density at radius 3 is 2.22 bits per heavy atom. The molecule has 0 aromatic heterocycles. The van der Waals surface area contributed by atoms with E-state index in [0.717, 1.165) is 11.4 Å². The molecule has 2 aromatic rings. The molecule has 0 radical (unpaired) electrons. The Morgan fingerprint density at radius 1 is 0.944 bits per heavy atom. The van der Waals surface area contributed by atoms with Crippen LogP contribution in [0.15, 0.2) is 41.3 Å². The molecular formula is C16H17ClS. The lowest BCUT2D eigenvalue weighted by atomic mass is 10.0. The van der Waals surface area contributed by atoms with Gasteiger partial charge in [-0.2, -0.15) is 0 Å². The minimum Gasteiger partial charge on any atom is -0.129 e. The second kappa shape index (κ2) is 5.81. The summed E-state index contributed by atoms with van der Waals surface area (Å²) >= 11 is 8.06. The van der Waals surface area contributed by atoms with Crippen LogP contribution in [-0.4, -0.2) is 6.26 Å². The third-order valence-electron chi connectivity index (χ3n) is 3.02. The zero-order valence-electron chi connectivity index (χ0n) is 11.0.